The van der Waals surface area contributed by atoms with Crippen LogP contribution in [0, 0.1) is 0 Å². The lowest BCUT2D eigenvalue weighted by atomic mass is 9.37. The fourth-order valence-electron chi connectivity index (χ4n) is 6.68. The molecule has 0 fully saturated rings. The van der Waals surface area contributed by atoms with Gasteiger partial charge in [-0.1, -0.05) is 186 Å². The molecule has 0 amide bonds. The van der Waals surface area contributed by atoms with E-state index in [0.717, 1.165) is 22.6 Å². The molecule has 0 radical (unpaired) electrons. The Morgan fingerprint density at radius 2 is 0.750 bits per heavy atom. The van der Waals surface area contributed by atoms with Crippen LogP contribution in [0.2, 0.25) is 0 Å². The van der Waals surface area contributed by atoms with E-state index >= 15 is 0 Å². The Bertz CT molecular complexity index is 2160. The highest BCUT2D eigenvalue weighted by molar-refractivity contribution is 6.95. The van der Waals surface area contributed by atoms with Crippen LogP contribution in [0.15, 0.2) is 194 Å². The molecule has 0 N–H and O–H groups in total. The van der Waals surface area contributed by atoms with Crippen LogP contribution in [0.1, 0.15) is 11.1 Å². The third-order valence-corrected chi connectivity index (χ3v) is 9.13. The number of benzene rings is 8. The topological polar surface area (TPSA) is 3.24 Å². The van der Waals surface area contributed by atoms with Crippen LogP contribution >= 0.6 is 0 Å². The van der Waals surface area contributed by atoms with Gasteiger partial charge in [-0.3, -0.25) is 0 Å². The summed E-state index contributed by atoms with van der Waals surface area (Å²) < 4.78 is 0. The maximum atomic E-state index is 2.34. The van der Waals surface area contributed by atoms with Crippen LogP contribution < -0.4 is 21.3 Å². The summed E-state index contributed by atoms with van der Waals surface area (Å²) in [6.45, 7) is 0.163. The zero-order valence-electron chi connectivity index (χ0n) is 26.7. The van der Waals surface area contributed by atoms with Gasteiger partial charge < -0.3 is 4.90 Å². The fraction of sp³-hybridized carbons (Fsp3) is 0. The monoisotopic (exact) mass is 611 g/mol. The molecule has 0 spiro atoms. The molecule has 0 aliphatic rings. The van der Waals surface area contributed by atoms with Crippen molar-refractivity contribution in [1.82, 2.24) is 0 Å². The highest BCUT2D eigenvalue weighted by Crippen LogP contribution is 2.36. The molecule has 226 valence electrons. The van der Waals surface area contributed by atoms with Crippen molar-refractivity contribution in [3.8, 4) is 0 Å². The van der Waals surface area contributed by atoms with E-state index < -0.39 is 0 Å². The minimum absolute atomic E-state index is 0.163. The Balaban J connectivity index is 1.05. The van der Waals surface area contributed by atoms with Crippen LogP contribution in [-0.4, -0.2) is 6.71 Å². The van der Waals surface area contributed by atoms with E-state index in [1.807, 2.05) is 0 Å². The number of para-hydroxylation sites is 1. The van der Waals surface area contributed by atoms with Gasteiger partial charge in [0.1, 0.15) is 0 Å². The summed E-state index contributed by atoms with van der Waals surface area (Å²) in [7, 11) is 0. The molecular weight excluding hydrogens is 577 g/mol. The maximum absolute atomic E-state index is 2.34. The second-order valence-electron chi connectivity index (χ2n) is 12.2. The summed E-state index contributed by atoms with van der Waals surface area (Å²) in [6.07, 6.45) is 4.39. The Hall–Kier alpha value is -6.12. The second kappa shape index (κ2) is 13.3. The molecule has 0 aromatic heterocycles. The average molecular weight is 612 g/mol. The Morgan fingerprint density at radius 3 is 1.40 bits per heavy atom. The SMILES string of the molecule is C(=C\c1ccc(N(c2ccccc2)c2ccc3ccccc3c2)cc1)/c1ccc(B(c2ccccc2)c2ccc3ccccc3c2)cc1. The molecule has 0 unspecified atom stereocenters. The molecule has 8 aromatic carbocycles. The molecule has 0 aliphatic carbocycles. The summed E-state index contributed by atoms with van der Waals surface area (Å²) >= 11 is 0. The first-order valence-corrected chi connectivity index (χ1v) is 16.5. The summed E-state index contributed by atoms with van der Waals surface area (Å²) in [4.78, 5) is 2.32. The molecule has 0 atom stereocenters. The first-order chi connectivity index (χ1) is 23.8. The highest BCUT2D eigenvalue weighted by atomic mass is 15.1. The lowest BCUT2D eigenvalue weighted by Crippen LogP contribution is -2.51. The van der Waals surface area contributed by atoms with Crippen molar-refractivity contribution in [3.05, 3.63) is 205 Å². The summed E-state index contributed by atoms with van der Waals surface area (Å²) in [5.41, 5.74) is 9.62. The standard InChI is InChI=1S/C46H34BN/c1-3-15-41(16-4-1)47(43-29-25-37-11-7-9-13-39(37)33-43)42-27-21-35(22-28-42)19-20-36-23-30-45(31-24-36)48(44-17-5-2-6-18-44)46-32-26-38-12-8-10-14-40(38)34-46/h1-34H/b20-19+. The zero-order chi connectivity index (χ0) is 32.1. The molecular formula is C46H34BN. The summed E-state index contributed by atoms with van der Waals surface area (Å²) in [6, 6.07) is 69.8. The predicted octanol–water partition coefficient (Wildman–Crippen LogP) is 10.1. The lowest BCUT2D eigenvalue weighted by Gasteiger charge is -2.26. The molecule has 0 aliphatic heterocycles. The van der Waals surface area contributed by atoms with Gasteiger partial charge in [0.05, 0.1) is 0 Å². The molecule has 0 heterocycles. The minimum atomic E-state index is 0.163. The van der Waals surface area contributed by atoms with Crippen molar-refractivity contribution in [2.24, 2.45) is 0 Å². The molecule has 0 saturated heterocycles. The third kappa shape index (κ3) is 6.17. The van der Waals surface area contributed by atoms with E-state index in [4.69, 9.17) is 0 Å². The molecule has 48 heavy (non-hydrogen) atoms. The van der Waals surface area contributed by atoms with Crippen LogP contribution in [0.4, 0.5) is 17.1 Å². The third-order valence-electron chi connectivity index (χ3n) is 9.13. The van der Waals surface area contributed by atoms with Gasteiger partial charge in [0.2, 0.25) is 6.71 Å². The van der Waals surface area contributed by atoms with Crippen LogP contribution in [-0.2, 0) is 0 Å². The van der Waals surface area contributed by atoms with Crippen molar-refractivity contribution >= 4 is 73.9 Å². The zero-order valence-corrected chi connectivity index (χ0v) is 26.7. The van der Waals surface area contributed by atoms with Gasteiger partial charge in [0, 0.05) is 17.1 Å². The number of hydrogen-bond acceptors (Lipinski definition) is 1. The lowest BCUT2D eigenvalue weighted by molar-refractivity contribution is 1.29. The predicted molar refractivity (Wildman–Crippen MR) is 209 cm³/mol. The Kier molecular flexibility index (Phi) is 8.13. The number of anilines is 3. The van der Waals surface area contributed by atoms with Gasteiger partial charge in [-0.05, 0) is 69.1 Å². The van der Waals surface area contributed by atoms with Crippen molar-refractivity contribution in [1.29, 1.82) is 0 Å². The first kappa shape index (κ1) is 29.3. The molecule has 2 heteroatoms. The molecule has 0 saturated carbocycles. The van der Waals surface area contributed by atoms with Crippen molar-refractivity contribution in [2.75, 3.05) is 4.90 Å². The molecule has 8 aromatic rings. The van der Waals surface area contributed by atoms with Crippen molar-refractivity contribution in [3.63, 3.8) is 0 Å². The van der Waals surface area contributed by atoms with Crippen molar-refractivity contribution in [2.45, 2.75) is 0 Å². The summed E-state index contributed by atoms with van der Waals surface area (Å²) in [5.74, 6) is 0. The second-order valence-corrected chi connectivity index (χ2v) is 12.2. The first-order valence-electron chi connectivity index (χ1n) is 16.5. The van der Waals surface area contributed by atoms with E-state index in [1.165, 1.54) is 43.5 Å². The quantitative estimate of drug-likeness (QED) is 0.122. The van der Waals surface area contributed by atoms with Gasteiger partial charge in [-0.15, -0.1) is 0 Å². The van der Waals surface area contributed by atoms with Gasteiger partial charge in [0.25, 0.3) is 0 Å². The maximum Gasteiger partial charge on any atom is 0.241 e. The Morgan fingerprint density at radius 1 is 0.312 bits per heavy atom. The van der Waals surface area contributed by atoms with Gasteiger partial charge in [0.15, 0.2) is 0 Å². The number of hydrogen-bond donors (Lipinski definition) is 0. The van der Waals surface area contributed by atoms with Gasteiger partial charge >= 0.3 is 0 Å². The van der Waals surface area contributed by atoms with E-state index in [1.54, 1.807) is 0 Å². The number of fused-ring (bicyclic) bond motifs is 2. The van der Waals surface area contributed by atoms with E-state index in [-0.39, 0.29) is 6.71 Å². The van der Waals surface area contributed by atoms with Crippen LogP contribution in [0.5, 0.6) is 0 Å². The Labute approximate surface area is 283 Å². The normalized spacial score (nSPS) is 11.2. The largest absolute Gasteiger partial charge is 0.310 e. The van der Waals surface area contributed by atoms with Gasteiger partial charge in [-0.2, -0.15) is 0 Å². The average Bonchev–Trinajstić information content (AvgIpc) is 3.16. The summed E-state index contributed by atoms with van der Waals surface area (Å²) in [5, 5.41) is 5.01. The van der Waals surface area contributed by atoms with E-state index in [0.29, 0.717) is 0 Å². The van der Waals surface area contributed by atoms with Crippen LogP contribution in [0.25, 0.3) is 33.7 Å². The fourth-order valence-corrected chi connectivity index (χ4v) is 6.68. The molecule has 1 nitrogen and oxygen atoms in total. The highest BCUT2D eigenvalue weighted by Gasteiger charge is 2.21. The number of rotatable bonds is 8. The molecule has 8 rings (SSSR count). The van der Waals surface area contributed by atoms with E-state index in [2.05, 4.69) is 211 Å². The van der Waals surface area contributed by atoms with Crippen molar-refractivity contribution < 1.29 is 0 Å². The van der Waals surface area contributed by atoms with Crippen LogP contribution in [0.3, 0.4) is 0 Å². The van der Waals surface area contributed by atoms with Gasteiger partial charge in [-0.25, -0.2) is 0 Å². The minimum Gasteiger partial charge on any atom is -0.310 e. The molecule has 0 bridgehead atoms. The van der Waals surface area contributed by atoms with E-state index in [9.17, 15) is 0 Å². The smallest absolute Gasteiger partial charge is 0.241 e. The number of nitrogens with zero attached hydrogens (tertiary/aromatic N) is 1.